The van der Waals surface area contributed by atoms with Crippen molar-refractivity contribution in [1.29, 1.82) is 0 Å². The van der Waals surface area contributed by atoms with Gasteiger partial charge in [-0.1, -0.05) is 0 Å². The van der Waals surface area contributed by atoms with Gasteiger partial charge in [0.1, 0.15) is 12.5 Å². The third kappa shape index (κ3) is 121. The van der Waals surface area contributed by atoms with E-state index in [1.807, 2.05) is 0 Å². The van der Waals surface area contributed by atoms with E-state index in [0.717, 1.165) is 0 Å². The minimum Gasteiger partial charge on any atom is -0.450 e. The van der Waals surface area contributed by atoms with Crippen LogP contribution in [0.25, 0.3) is 0 Å². The van der Waals surface area contributed by atoms with E-state index >= 15 is 0 Å². The van der Waals surface area contributed by atoms with Crippen molar-refractivity contribution in [1.82, 2.24) is 0 Å². The van der Waals surface area contributed by atoms with E-state index < -0.39 is 18.6 Å². The number of aliphatic hydroxyl groups is 4. The number of nitrogens with two attached hydrogens (primary N) is 2. The average molecular weight is 216 g/mol. The highest BCUT2D eigenvalue weighted by molar-refractivity contribution is 5.53. The van der Waals surface area contributed by atoms with Crippen LogP contribution in [0.15, 0.2) is 0 Å². The van der Waals surface area contributed by atoms with Crippen LogP contribution in [-0.4, -0.2) is 62.5 Å². The molecule has 0 aromatic carbocycles. The van der Waals surface area contributed by atoms with Crippen molar-refractivity contribution in [2.45, 2.75) is 12.5 Å². The second kappa shape index (κ2) is 14.5. The second-order valence-electron chi connectivity index (χ2n) is 1.78. The SMILES string of the molecule is NC(O)CO.NC(O)CO.O=C(O)O. The van der Waals surface area contributed by atoms with Gasteiger partial charge in [-0.25, -0.2) is 4.79 Å². The number of carboxylic acid groups (broad SMARTS) is 2. The van der Waals surface area contributed by atoms with E-state index in [2.05, 4.69) is 11.5 Å². The van der Waals surface area contributed by atoms with Crippen molar-refractivity contribution in [3.63, 3.8) is 0 Å². The lowest BCUT2D eigenvalue weighted by Gasteiger charge is -1.91. The number of hydrogen-bond acceptors (Lipinski definition) is 7. The summed E-state index contributed by atoms with van der Waals surface area (Å²) in [5, 5.41) is 45.3. The van der Waals surface area contributed by atoms with E-state index in [-0.39, 0.29) is 13.2 Å². The molecule has 0 aliphatic rings. The van der Waals surface area contributed by atoms with Crippen molar-refractivity contribution in [2.24, 2.45) is 11.5 Å². The molecule has 0 heterocycles. The Hall–Kier alpha value is -0.970. The molecular formula is C5H16N2O7. The van der Waals surface area contributed by atoms with Crippen LogP contribution in [0, 0.1) is 0 Å². The summed E-state index contributed by atoms with van der Waals surface area (Å²) in [6, 6.07) is 0. The van der Waals surface area contributed by atoms with Crippen LogP contribution in [0.5, 0.6) is 0 Å². The zero-order valence-corrected chi connectivity index (χ0v) is 7.32. The molecule has 14 heavy (non-hydrogen) atoms. The molecule has 9 nitrogen and oxygen atoms in total. The molecule has 0 aliphatic heterocycles. The predicted octanol–water partition coefficient (Wildman–Crippen LogP) is -3.27. The van der Waals surface area contributed by atoms with E-state index in [1.165, 1.54) is 0 Å². The standard InChI is InChI=1S/2C2H7NO2.CH2O3/c2*3-2(5)1-4;2-1(3)4/h2*2,4-5H,1,3H2;(H2,2,3,4). The third-order valence-electron chi connectivity index (χ3n) is 0.374. The van der Waals surface area contributed by atoms with Crippen molar-refractivity contribution in [3.8, 4) is 0 Å². The molecule has 0 fully saturated rings. The van der Waals surface area contributed by atoms with Gasteiger partial charge in [-0.2, -0.15) is 0 Å². The van der Waals surface area contributed by atoms with Gasteiger partial charge in [-0.05, 0) is 0 Å². The van der Waals surface area contributed by atoms with Crippen molar-refractivity contribution in [2.75, 3.05) is 13.2 Å². The Labute approximate surface area is 79.8 Å². The Morgan fingerprint density at radius 3 is 1.07 bits per heavy atom. The van der Waals surface area contributed by atoms with E-state index in [0.29, 0.717) is 0 Å². The molecule has 2 unspecified atom stereocenters. The first-order chi connectivity index (χ1) is 6.27. The summed E-state index contributed by atoms with van der Waals surface area (Å²) < 4.78 is 0. The predicted molar refractivity (Wildman–Crippen MR) is 45.2 cm³/mol. The summed E-state index contributed by atoms with van der Waals surface area (Å²) in [5.74, 6) is 0. The van der Waals surface area contributed by atoms with Gasteiger partial charge in [0.2, 0.25) is 0 Å². The maximum Gasteiger partial charge on any atom is 0.503 e. The summed E-state index contributed by atoms with van der Waals surface area (Å²) in [6.07, 6.45) is -3.95. The van der Waals surface area contributed by atoms with Crippen LogP contribution >= 0.6 is 0 Å². The number of carbonyl (C=O) groups is 1. The Bertz CT molecular complexity index is 107. The lowest BCUT2D eigenvalue weighted by molar-refractivity contribution is 0.100. The molecule has 2 atom stereocenters. The molecule has 0 saturated heterocycles. The summed E-state index contributed by atoms with van der Waals surface area (Å²) in [4.78, 5) is 8.56. The van der Waals surface area contributed by atoms with Gasteiger partial charge in [0.05, 0.1) is 13.2 Å². The first kappa shape index (κ1) is 18.7. The Kier molecular flexibility index (Phi) is 19.5. The molecule has 10 N–H and O–H groups in total. The Morgan fingerprint density at radius 2 is 1.07 bits per heavy atom. The van der Waals surface area contributed by atoms with E-state index in [1.54, 1.807) is 0 Å². The van der Waals surface area contributed by atoms with Crippen LogP contribution in [0.1, 0.15) is 0 Å². The zero-order valence-electron chi connectivity index (χ0n) is 7.32. The molecule has 0 saturated carbocycles. The molecular weight excluding hydrogens is 200 g/mol. The fourth-order valence-electron chi connectivity index (χ4n) is 0. The quantitative estimate of drug-likeness (QED) is 0.219. The fourth-order valence-corrected chi connectivity index (χ4v) is 0. The van der Waals surface area contributed by atoms with Crippen molar-refractivity contribution in [3.05, 3.63) is 0 Å². The molecule has 0 amide bonds. The van der Waals surface area contributed by atoms with Gasteiger partial charge in [0.25, 0.3) is 0 Å². The lowest BCUT2D eigenvalue weighted by Crippen LogP contribution is -2.22. The number of hydrogen-bond donors (Lipinski definition) is 8. The van der Waals surface area contributed by atoms with Crippen LogP contribution in [0.4, 0.5) is 4.79 Å². The van der Waals surface area contributed by atoms with Crippen LogP contribution in [0.3, 0.4) is 0 Å². The average Bonchev–Trinajstić information content (AvgIpc) is 2.04. The highest BCUT2D eigenvalue weighted by atomic mass is 16.6. The Morgan fingerprint density at radius 1 is 1.00 bits per heavy atom. The van der Waals surface area contributed by atoms with E-state index in [9.17, 15) is 0 Å². The summed E-state index contributed by atoms with van der Waals surface area (Å²) in [6.45, 7) is -0.722. The van der Waals surface area contributed by atoms with Crippen LogP contribution < -0.4 is 11.5 Å². The van der Waals surface area contributed by atoms with Crippen molar-refractivity contribution < 1.29 is 35.4 Å². The first-order valence-electron chi connectivity index (χ1n) is 3.28. The molecule has 0 bridgehead atoms. The molecule has 9 heteroatoms. The first-order valence-corrected chi connectivity index (χ1v) is 3.28. The maximum absolute atomic E-state index is 8.56. The number of aliphatic hydroxyl groups excluding tert-OH is 4. The fraction of sp³-hybridized carbons (Fsp3) is 0.800. The molecule has 0 rings (SSSR count). The monoisotopic (exact) mass is 216 g/mol. The van der Waals surface area contributed by atoms with Gasteiger partial charge in [-0.3, -0.25) is 0 Å². The third-order valence-corrected chi connectivity index (χ3v) is 0.374. The zero-order chi connectivity index (χ0) is 12.1. The lowest BCUT2D eigenvalue weighted by atomic mass is 10.7. The normalized spacial score (nSPS) is 12.4. The van der Waals surface area contributed by atoms with Gasteiger partial charge in [-0.15, -0.1) is 0 Å². The minimum atomic E-state index is -1.83. The molecule has 0 radical (unpaired) electrons. The second-order valence-corrected chi connectivity index (χ2v) is 1.78. The molecule has 0 aromatic rings. The molecule has 88 valence electrons. The molecule has 0 spiro atoms. The maximum atomic E-state index is 8.56. The molecule has 0 aliphatic carbocycles. The Balaban J connectivity index is -0.000000131. The van der Waals surface area contributed by atoms with Gasteiger partial charge in [0.15, 0.2) is 0 Å². The van der Waals surface area contributed by atoms with Gasteiger partial charge in [0, 0.05) is 0 Å². The summed E-state index contributed by atoms with van der Waals surface area (Å²) >= 11 is 0. The highest BCUT2D eigenvalue weighted by Gasteiger charge is 1.83. The van der Waals surface area contributed by atoms with Gasteiger partial charge < -0.3 is 42.1 Å². The summed E-state index contributed by atoms with van der Waals surface area (Å²) in [5.41, 5.74) is 9.19. The minimum absolute atomic E-state index is 0.361. The topological polar surface area (TPSA) is 190 Å². The largest absolute Gasteiger partial charge is 0.503 e. The van der Waals surface area contributed by atoms with Gasteiger partial charge >= 0.3 is 6.16 Å². The van der Waals surface area contributed by atoms with E-state index in [4.69, 9.17) is 35.4 Å². The summed E-state index contributed by atoms with van der Waals surface area (Å²) in [7, 11) is 0. The van der Waals surface area contributed by atoms with Crippen molar-refractivity contribution >= 4 is 6.16 Å². The van der Waals surface area contributed by atoms with Crippen LogP contribution in [-0.2, 0) is 0 Å². The highest BCUT2D eigenvalue weighted by Crippen LogP contribution is 1.56. The number of rotatable bonds is 2. The smallest absolute Gasteiger partial charge is 0.450 e. The molecule has 0 aromatic heterocycles. The van der Waals surface area contributed by atoms with Crippen LogP contribution in [0.2, 0.25) is 0 Å².